The molecule has 7 nitrogen and oxygen atoms in total. The van der Waals surface area contributed by atoms with Crippen molar-refractivity contribution in [2.75, 3.05) is 19.6 Å². The highest BCUT2D eigenvalue weighted by molar-refractivity contribution is 5.83. The molecule has 2 amide bonds. The van der Waals surface area contributed by atoms with E-state index < -0.39 is 0 Å². The lowest BCUT2D eigenvalue weighted by Crippen LogP contribution is -2.51. The summed E-state index contributed by atoms with van der Waals surface area (Å²) in [4.78, 5) is 42.2. The van der Waals surface area contributed by atoms with E-state index in [0.717, 1.165) is 23.2 Å². The van der Waals surface area contributed by atoms with Crippen LogP contribution < -0.4 is 10.9 Å². The quantitative estimate of drug-likeness (QED) is 0.878. The van der Waals surface area contributed by atoms with Crippen LogP contribution in [0.3, 0.4) is 0 Å². The van der Waals surface area contributed by atoms with Crippen molar-refractivity contribution < 1.29 is 9.59 Å². The van der Waals surface area contributed by atoms with Gasteiger partial charge in [0.05, 0.1) is 6.54 Å². The molecular formula is C20H22N4O3. The van der Waals surface area contributed by atoms with Crippen molar-refractivity contribution in [1.82, 2.24) is 19.8 Å². The maximum atomic E-state index is 12.7. The number of hydrogen-bond donors (Lipinski definition) is 1. The van der Waals surface area contributed by atoms with Gasteiger partial charge in [0.15, 0.2) is 0 Å². The van der Waals surface area contributed by atoms with Crippen molar-refractivity contribution in [3.8, 4) is 11.1 Å². The maximum absolute atomic E-state index is 12.7. The number of nitrogens with one attached hydrogen (secondary N) is 1. The number of amides is 2. The lowest BCUT2D eigenvalue weighted by Gasteiger charge is -2.43. The van der Waals surface area contributed by atoms with Crippen LogP contribution in [0.15, 0.2) is 41.5 Å². The Morgan fingerprint density at radius 2 is 2.07 bits per heavy atom. The molecule has 0 saturated carbocycles. The smallest absolute Gasteiger partial charge is 0.251 e. The summed E-state index contributed by atoms with van der Waals surface area (Å²) in [6, 6.07) is 7.52. The summed E-state index contributed by atoms with van der Waals surface area (Å²) in [5, 5.41) is 2.57. The third-order valence-electron chi connectivity index (χ3n) is 5.39. The molecule has 1 saturated heterocycles. The van der Waals surface area contributed by atoms with E-state index in [1.165, 1.54) is 6.92 Å². The van der Waals surface area contributed by atoms with Gasteiger partial charge in [-0.3, -0.25) is 19.4 Å². The summed E-state index contributed by atoms with van der Waals surface area (Å²) in [6.45, 7) is 3.26. The van der Waals surface area contributed by atoms with Crippen LogP contribution in [0.2, 0.25) is 0 Å². The Hall–Kier alpha value is -2.96. The Labute approximate surface area is 157 Å². The van der Waals surface area contributed by atoms with Crippen LogP contribution >= 0.6 is 0 Å². The van der Waals surface area contributed by atoms with Gasteiger partial charge in [-0.25, -0.2) is 0 Å². The first-order chi connectivity index (χ1) is 13.0. The molecule has 1 N–H and O–H groups in total. The average molecular weight is 366 g/mol. The zero-order valence-corrected chi connectivity index (χ0v) is 15.2. The number of rotatable bonds is 3. The van der Waals surface area contributed by atoms with E-state index >= 15 is 0 Å². The molecule has 7 heteroatoms. The van der Waals surface area contributed by atoms with Gasteiger partial charge in [0, 0.05) is 62.2 Å². The fourth-order valence-corrected chi connectivity index (χ4v) is 4.17. The minimum Gasteiger partial charge on any atom is -0.347 e. The summed E-state index contributed by atoms with van der Waals surface area (Å²) >= 11 is 0. The molecule has 0 radical (unpaired) electrons. The van der Waals surface area contributed by atoms with Gasteiger partial charge in [-0.15, -0.1) is 0 Å². The number of fused-ring (bicyclic) bond motifs is 4. The molecule has 2 aliphatic rings. The van der Waals surface area contributed by atoms with Gasteiger partial charge >= 0.3 is 0 Å². The highest BCUT2D eigenvalue weighted by Gasteiger charge is 2.36. The first-order valence-electron chi connectivity index (χ1n) is 9.18. The predicted molar refractivity (Wildman–Crippen MR) is 100 cm³/mol. The van der Waals surface area contributed by atoms with Crippen LogP contribution in [-0.2, 0) is 16.1 Å². The van der Waals surface area contributed by atoms with Crippen molar-refractivity contribution in [3.63, 3.8) is 0 Å². The summed E-state index contributed by atoms with van der Waals surface area (Å²) < 4.78 is 1.86. The lowest BCUT2D eigenvalue weighted by molar-refractivity contribution is -0.134. The Morgan fingerprint density at radius 1 is 1.22 bits per heavy atom. The summed E-state index contributed by atoms with van der Waals surface area (Å²) in [7, 11) is 0. The Morgan fingerprint density at radius 3 is 2.81 bits per heavy atom. The molecule has 27 heavy (non-hydrogen) atoms. The van der Waals surface area contributed by atoms with Gasteiger partial charge in [0.2, 0.25) is 11.8 Å². The minimum absolute atomic E-state index is 0.000856. The lowest BCUT2D eigenvalue weighted by atomic mass is 9.82. The number of carbonyl (C=O) groups is 2. The van der Waals surface area contributed by atoms with Gasteiger partial charge in [-0.2, -0.15) is 0 Å². The van der Waals surface area contributed by atoms with Gasteiger partial charge in [-0.1, -0.05) is 6.07 Å². The van der Waals surface area contributed by atoms with E-state index in [0.29, 0.717) is 19.6 Å². The Balaban J connectivity index is 1.62. The van der Waals surface area contributed by atoms with Crippen LogP contribution in [0.1, 0.15) is 25.0 Å². The SMILES string of the molecule is CC(=O)NCC(=O)N1C[C@@H]2C[C@H](C1)c1cc(-c3cccnc3)cc(=O)n1C2. The molecule has 0 unspecified atom stereocenters. The fourth-order valence-electron chi connectivity index (χ4n) is 4.17. The van der Waals surface area contributed by atoms with Crippen LogP contribution in [0.5, 0.6) is 0 Å². The van der Waals surface area contributed by atoms with E-state index in [9.17, 15) is 14.4 Å². The number of carbonyl (C=O) groups excluding carboxylic acids is 2. The number of aromatic nitrogens is 2. The molecule has 2 bridgehead atoms. The van der Waals surface area contributed by atoms with E-state index in [-0.39, 0.29) is 35.8 Å². The van der Waals surface area contributed by atoms with Crippen LogP contribution in [0.4, 0.5) is 0 Å². The zero-order valence-electron chi connectivity index (χ0n) is 15.2. The Bertz CT molecular complexity index is 938. The summed E-state index contributed by atoms with van der Waals surface area (Å²) in [5.74, 6) is 0.111. The van der Waals surface area contributed by atoms with E-state index in [1.807, 2.05) is 21.6 Å². The molecule has 2 aliphatic heterocycles. The van der Waals surface area contributed by atoms with E-state index in [2.05, 4.69) is 16.4 Å². The molecule has 4 rings (SSSR count). The molecule has 0 spiro atoms. The predicted octanol–water partition coefficient (Wildman–Crippen LogP) is 0.992. The van der Waals surface area contributed by atoms with Gasteiger partial charge in [-0.05, 0) is 30.0 Å². The molecule has 0 aliphatic carbocycles. The fraction of sp³-hybridized carbons (Fsp3) is 0.400. The second-order valence-corrected chi connectivity index (χ2v) is 7.37. The van der Waals surface area contributed by atoms with Gasteiger partial charge in [0.1, 0.15) is 0 Å². The molecule has 2 aromatic heterocycles. The van der Waals surface area contributed by atoms with Crippen molar-refractivity contribution in [3.05, 3.63) is 52.7 Å². The number of pyridine rings is 2. The van der Waals surface area contributed by atoms with Crippen LogP contribution in [-0.4, -0.2) is 45.9 Å². The third-order valence-corrected chi connectivity index (χ3v) is 5.39. The second-order valence-electron chi connectivity index (χ2n) is 7.37. The third kappa shape index (κ3) is 3.49. The molecule has 4 heterocycles. The number of piperidine rings is 1. The second kappa shape index (κ2) is 6.98. The molecule has 140 valence electrons. The highest BCUT2D eigenvalue weighted by atomic mass is 16.2. The number of nitrogens with zero attached hydrogens (tertiary/aromatic N) is 3. The molecule has 2 atom stereocenters. The zero-order chi connectivity index (χ0) is 19.0. The highest BCUT2D eigenvalue weighted by Crippen LogP contribution is 2.36. The van der Waals surface area contributed by atoms with E-state index in [4.69, 9.17) is 0 Å². The van der Waals surface area contributed by atoms with Crippen molar-refractivity contribution in [2.45, 2.75) is 25.8 Å². The first kappa shape index (κ1) is 17.5. The van der Waals surface area contributed by atoms with Crippen LogP contribution in [0, 0.1) is 5.92 Å². The van der Waals surface area contributed by atoms with Crippen molar-refractivity contribution in [1.29, 1.82) is 0 Å². The standard InChI is InChI=1S/C20H22N4O3/c1-13(25)22-9-20(27)23-10-14-5-17(12-23)18-6-16(7-19(26)24(18)11-14)15-3-2-4-21-8-15/h2-4,6-8,14,17H,5,9-12H2,1H3,(H,22,25)/t14-,17+/m0/s1. The summed E-state index contributed by atoms with van der Waals surface area (Å²) in [6.07, 6.45) is 4.43. The topological polar surface area (TPSA) is 84.3 Å². The monoisotopic (exact) mass is 366 g/mol. The van der Waals surface area contributed by atoms with Crippen molar-refractivity contribution >= 4 is 11.8 Å². The van der Waals surface area contributed by atoms with Gasteiger partial charge in [0.25, 0.3) is 5.56 Å². The first-order valence-corrected chi connectivity index (χ1v) is 9.18. The number of likely N-dealkylation sites (tertiary alicyclic amines) is 1. The molecular weight excluding hydrogens is 344 g/mol. The maximum Gasteiger partial charge on any atom is 0.251 e. The molecule has 1 fully saturated rings. The number of hydrogen-bond acceptors (Lipinski definition) is 4. The van der Waals surface area contributed by atoms with E-state index in [1.54, 1.807) is 18.5 Å². The minimum atomic E-state index is -0.210. The average Bonchev–Trinajstić information content (AvgIpc) is 2.67. The molecule has 2 aromatic rings. The van der Waals surface area contributed by atoms with Crippen LogP contribution in [0.25, 0.3) is 11.1 Å². The van der Waals surface area contributed by atoms with Gasteiger partial charge < -0.3 is 14.8 Å². The van der Waals surface area contributed by atoms with Crippen molar-refractivity contribution in [2.24, 2.45) is 5.92 Å². The largest absolute Gasteiger partial charge is 0.347 e. The Kier molecular flexibility index (Phi) is 4.51. The summed E-state index contributed by atoms with van der Waals surface area (Å²) in [5.41, 5.74) is 2.75. The molecule has 0 aromatic carbocycles. The normalized spacial score (nSPS) is 20.7.